The smallest absolute Gasteiger partial charge is 0.258 e. The second kappa shape index (κ2) is 6.59. The number of carbonyl (C=O) groups excluding carboxylic acids is 1. The van der Waals surface area contributed by atoms with Crippen molar-refractivity contribution in [2.24, 2.45) is 0 Å². The zero-order valence-electron chi connectivity index (χ0n) is 10.6. The summed E-state index contributed by atoms with van der Waals surface area (Å²) in [5, 5.41) is 1.20. The average molecular weight is 349 g/mol. The van der Waals surface area contributed by atoms with Gasteiger partial charge in [-0.25, -0.2) is 0 Å². The predicted octanol–water partition coefficient (Wildman–Crippen LogP) is 2.58. The molecule has 1 saturated heterocycles. The third-order valence-electron chi connectivity index (χ3n) is 3.06. The van der Waals surface area contributed by atoms with Gasteiger partial charge in [0.05, 0.1) is 31.9 Å². The van der Waals surface area contributed by atoms with Gasteiger partial charge in [-0.05, 0) is 18.2 Å². The normalized spacial score (nSPS) is 19.3. The Morgan fingerprint density at radius 3 is 3.11 bits per heavy atom. The average Bonchev–Trinajstić information content (AvgIpc) is 2.46. The van der Waals surface area contributed by atoms with Crippen molar-refractivity contribution < 1.29 is 14.3 Å². The molecule has 1 aliphatic heterocycles. The highest BCUT2D eigenvalue weighted by Gasteiger charge is 2.29. The van der Waals surface area contributed by atoms with Crippen LogP contribution in [0.25, 0.3) is 0 Å². The molecular weight excluding hydrogens is 334 g/mol. The zero-order chi connectivity index (χ0) is 13.8. The van der Waals surface area contributed by atoms with Crippen LogP contribution in [0.2, 0.25) is 5.02 Å². The standard InChI is InChI=1S/C13H15BrClNO3/c1-18-12-3-2-9(15)6-11(12)13(17)16-4-5-19-8-10(16)7-14/h2-3,6,10H,4-5,7-8H2,1H3. The summed E-state index contributed by atoms with van der Waals surface area (Å²) in [4.78, 5) is 14.4. The van der Waals surface area contributed by atoms with Gasteiger partial charge in [-0.2, -0.15) is 0 Å². The van der Waals surface area contributed by atoms with Crippen molar-refractivity contribution in [2.45, 2.75) is 6.04 Å². The molecule has 104 valence electrons. The Labute approximate surface area is 125 Å². The Balaban J connectivity index is 2.29. The Hall–Kier alpha value is -0.780. The molecule has 0 aliphatic carbocycles. The molecule has 4 nitrogen and oxygen atoms in total. The first-order chi connectivity index (χ1) is 9.17. The molecule has 1 unspecified atom stereocenters. The van der Waals surface area contributed by atoms with E-state index in [0.29, 0.717) is 41.4 Å². The van der Waals surface area contributed by atoms with Gasteiger partial charge in [0.2, 0.25) is 0 Å². The molecule has 0 N–H and O–H groups in total. The van der Waals surface area contributed by atoms with Gasteiger partial charge in [-0.15, -0.1) is 0 Å². The number of hydrogen-bond donors (Lipinski definition) is 0. The SMILES string of the molecule is COc1ccc(Cl)cc1C(=O)N1CCOCC1CBr. The first-order valence-electron chi connectivity index (χ1n) is 5.95. The number of rotatable bonds is 3. The quantitative estimate of drug-likeness (QED) is 0.788. The van der Waals surface area contributed by atoms with Crippen molar-refractivity contribution in [3.8, 4) is 5.75 Å². The Kier molecular flexibility index (Phi) is 5.07. The van der Waals surface area contributed by atoms with Gasteiger partial charge in [0.25, 0.3) is 5.91 Å². The molecule has 0 saturated carbocycles. The summed E-state index contributed by atoms with van der Waals surface area (Å²) in [5.41, 5.74) is 0.489. The summed E-state index contributed by atoms with van der Waals surface area (Å²) in [6, 6.07) is 5.09. The molecule has 1 fully saturated rings. The number of nitrogens with zero attached hydrogens (tertiary/aromatic N) is 1. The van der Waals surface area contributed by atoms with Crippen molar-refractivity contribution in [1.82, 2.24) is 4.90 Å². The lowest BCUT2D eigenvalue weighted by Gasteiger charge is -2.34. The van der Waals surface area contributed by atoms with Crippen LogP contribution in [0.4, 0.5) is 0 Å². The van der Waals surface area contributed by atoms with Crippen LogP contribution in [0.5, 0.6) is 5.75 Å². The van der Waals surface area contributed by atoms with Gasteiger partial charge >= 0.3 is 0 Å². The van der Waals surface area contributed by atoms with Gasteiger partial charge in [-0.3, -0.25) is 4.79 Å². The second-order valence-corrected chi connectivity index (χ2v) is 5.31. The number of carbonyl (C=O) groups is 1. The summed E-state index contributed by atoms with van der Waals surface area (Å²) < 4.78 is 10.6. The predicted molar refractivity (Wildman–Crippen MR) is 77.4 cm³/mol. The molecule has 1 atom stereocenters. The van der Waals surface area contributed by atoms with E-state index in [2.05, 4.69) is 15.9 Å². The third-order valence-corrected chi connectivity index (χ3v) is 4.04. The Morgan fingerprint density at radius 2 is 2.42 bits per heavy atom. The van der Waals surface area contributed by atoms with E-state index in [1.54, 1.807) is 30.2 Å². The molecule has 1 aromatic rings. The van der Waals surface area contributed by atoms with Gasteiger partial charge in [0.15, 0.2) is 0 Å². The molecular formula is C13H15BrClNO3. The first-order valence-corrected chi connectivity index (χ1v) is 7.45. The van der Waals surface area contributed by atoms with Crippen LogP contribution in [-0.2, 0) is 4.74 Å². The molecule has 1 heterocycles. The molecule has 0 spiro atoms. The minimum Gasteiger partial charge on any atom is -0.496 e. The van der Waals surface area contributed by atoms with Crippen molar-refractivity contribution in [2.75, 3.05) is 32.2 Å². The topological polar surface area (TPSA) is 38.8 Å². The number of methoxy groups -OCH3 is 1. The van der Waals surface area contributed by atoms with E-state index >= 15 is 0 Å². The third kappa shape index (κ3) is 3.22. The Bertz CT molecular complexity index is 469. The highest BCUT2D eigenvalue weighted by Crippen LogP contribution is 2.25. The van der Waals surface area contributed by atoms with Crippen molar-refractivity contribution in [3.63, 3.8) is 0 Å². The number of halogens is 2. The van der Waals surface area contributed by atoms with Crippen LogP contribution in [0.15, 0.2) is 18.2 Å². The number of amides is 1. The van der Waals surface area contributed by atoms with E-state index in [0.717, 1.165) is 0 Å². The maximum Gasteiger partial charge on any atom is 0.258 e. The van der Waals surface area contributed by atoms with Crippen molar-refractivity contribution in [1.29, 1.82) is 0 Å². The summed E-state index contributed by atoms with van der Waals surface area (Å²) in [7, 11) is 1.54. The monoisotopic (exact) mass is 347 g/mol. The molecule has 0 radical (unpaired) electrons. The Morgan fingerprint density at radius 1 is 1.63 bits per heavy atom. The van der Waals surface area contributed by atoms with E-state index < -0.39 is 0 Å². The highest BCUT2D eigenvalue weighted by molar-refractivity contribution is 9.09. The van der Waals surface area contributed by atoms with Crippen LogP contribution in [0.3, 0.4) is 0 Å². The molecule has 1 aromatic carbocycles. The number of hydrogen-bond acceptors (Lipinski definition) is 3. The van der Waals surface area contributed by atoms with Gasteiger partial charge in [0.1, 0.15) is 5.75 Å². The molecule has 0 aromatic heterocycles. The van der Waals surface area contributed by atoms with Crippen LogP contribution in [0.1, 0.15) is 10.4 Å². The zero-order valence-corrected chi connectivity index (χ0v) is 12.9. The van der Waals surface area contributed by atoms with Crippen LogP contribution < -0.4 is 4.74 Å². The van der Waals surface area contributed by atoms with Crippen molar-refractivity contribution >= 4 is 33.4 Å². The van der Waals surface area contributed by atoms with Gasteiger partial charge < -0.3 is 14.4 Å². The molecule has 1 aliphatic rings. The van der Waals surface area contributed by atoms with Gasteiger partial charge in [0, 0.05) is 16.9 Å². The number of morpholine rings is 1. The maximum atomic E-state index is 12.6. The summed E-state index contributed by atoms with van der Waals surface area (Å²) in [6.45, 7) is 1.67. The molecule has 0 bridgehead atoms. The van der Waals surface area contributed by atoms with Crippen molar-refractivity contribution in [3.05, 3.63) is 28.8 Å². The van der Waals surface area contributed by atoms with Crippen LogP contribution in [-0.4, -0.2) is 49.0 Å². The number of ether oxygens (including phenoxy) is 2. The molecule has 6 heteroatoms. The van der Waals surface area contributed by atoms with E-state index in [4.69, 9.17) is 21.1 Å². The fraction of sp³-hybridized carbons (Fsp3) is 0.462. The number of benzene rings is 1. The minimum atomic E-state index is -0.0768. The lowest BCUT2D eigenvalue weighted by molar-refractivity contribution is 0.00509. The van der Waals surface area contributed by atoms with E-state index in [1.165, 1.54) is 0 Å². The minimum absolute atomic E-state index is 0.0323. The molecule has 1 amide bonds. The lowest BCUT2D eigenvalue weighted by Crippen LogP contribution is -2.49. The fourth-order valence-corrected chi connectivity index (χ4v) is 2.76. The maximum absolute atomic E-state index is 12.6. The molecule has 19 heavy (non-hydrogen) atoms. The highest BCUT2D eigenvalue weighted by atomic mass is 79.9. The van der Waals surface area contributed by atoms with Crippen LogP contribution in [0, 0.1) is 0 Å². The lowest BCUT2D eigenvalue weighted by atomic mass is 10.1. The molecule has 2 rings (SSSR count). The summed E-state index contributed by atoms with van der Waals surface area (Å²) in [5.74, 6) is 0.460. The second-order valence-electron chi connectivity index (χ2n) is 4.23. The summed E-state index contributed by atoms with van der Waals surface area (Å²) in [6.07, 6.45) is 0. The fourth-order valence-electron chi connectivity index (χ4n) is 2.05. The van der Waals surface area contributed by atoms with Crippen LogP contribution >= 0.6 is 27.5 Å². The largest absolute Gasteiger partial charge is 0.496 e. The number of alkyl halides is 1. The van der Waals surface area contributed by atoms with Gasteiger partial charge in [-0.1, -0.05) is 27.5 Å². The summed E-state index contributed by atoms with van der Waals surface area (Å²) >= 11 is 9.38. The van der Waals surface area contributed by atoms with E-state index in [-0.39, 0.29) is 11.9 Å². The first kappa shape index (κ1) is 14.6. The van der Waals surface area contributed by atoms with E-state index in [1.807, 2.05) is 0 Å². The van der Waals surface area contributed by atoms with E-state index in [9.17, 15) is 4.79 Å².